The van der Waals surface area contributed by atoms with Crippen LogP contribution in [0.25, 0.3) is 10.9 Å². The number of benzene rings is 1. The number of pyridine rings is 1. The van der Waals surface area contributed by atoms with Crippen molar-refractivity contribution in [2.75, 3.05) is 0 Å². The van der Waals surface area contributed by atoms with Crippen LogP contribution in [0, 0.1) is 6.92 Å². The average molecular weight is 212 g/mol. The molecule has 3 heteroatoms. The van der Waals surface area contributed by atoms with E-state index in [0.717, 1.165) is 16.5 Å². The number of nitrogens with zero attached hydrogens (tertiary/aromatic N) is 1. The smallest absolute Gasteiger partial charge is 0.0718 e. The molecule has 1 heterocycles. The zero-order chi connectivity index (χ0) is 9.42. The lowest BCUT2D eigenvalue weighted by Gasteiger charge is -2.00. The molecule has 1 nitrogen and oxygen atoms in total. The van der Waals surface area contributed by atoms with Gasteiger partial charge in [0.25, 0.3) is 0 Å². The van der Waals surface area contributed by atoms with Gasteiger partial charge in [-0.05, 0) is 30.7 Å². The van der Waals surface area contributed by atoms with Crippen molar-refractivity contribution in [1.29, 1.82) is 0 Å². The summed E-state index contributed by atoms with van der Waals surface area (Å²) in [5, 5.41) is 2.14. The summed E-state index contributed by atoms with van der Waals surface area (Å²) in [5.41, 5.74) is 1.99. The van der Waals surface area contributed by atoms with Crippen molar-refractivity contribution < 1.29 is 0 Å². The van der Waals surface area contributed by atoms with E-state index in [4.69, 9.17) is 23.2 Å². The summed E-state index contributed by atoms with van der Waals surface area (Å²) in [7, 11) is 0. The molecule has 2 aromatic rings. The summed E-state index contributed by atoms with van der Waals surface area (Å²) < 4.78 is 0. The molecule has 1 aromatic heterocycles. The molecule has 0 spiro atoms. The molecule has 66 valence electrons. The van der Waals surface area contributed by atoms with E-state index in [1.807, 2.05) is 25.3 Å². The quantitative estimate of drug-likeness (QED) is 0.646. The topological polar surface area (TPSA) is 12.9 Å². The third-order valence-corrected chi connectivity index (χ3v) is 2.58. The van der Waals surface area contributed by atoms with Crippen LogP contribution in [-0.2, 0) is 0 Å². The lowest BCUT2D eigenvalue weighted by molar-refractivity contribution is 1.33. The molecule has 0 aliphatic carbocycles. The standard InChI is InChI=1S/C10H7Cl2N/c1-6-2-7-3-8(11)9(12)4-10(7)13-5-6/h2-5H,1H3. The molecule has 0 aliphatic heterocycles. The fourth-order valence-corrected chi connectivity index (χ4v) is 1.56. The number of halogens is 2. The van der Waals surface area contributed by atoms with Gasteiger partial charge in [-0.2, -0.15) is 0 Å². The van der Waals surface area contributed by atoms with Gasteiger partial charge in [-0.15, -0.1) is 0 Å². The van der Waals surface area contributed by atoms with Crippen molar-refractivity contribution >= 4 is 34.1 Å². The highest BCUT2D eigenvalue weighted by Gasteiger charge is 2.01. The highest BCUT2D eigenvalue weighted by atomic mass is 35.5. The molecule has 13 heavy (non-hydrogen) atoms. The molecule has 0 saturated carbocycles. The predicted molar refractivity (Wildman–Crippen MR) is 56.5 cm³/mol. The van der Waals surface area contributed by atoms with Crippen molar-refractivity contribution in [3.8, 4) is 0 Å². The van der Waals surface area contributed by atoms with Crippen molar-refractivity contribution in [1.82, 2.24) is 4.98 Å². The maximum Gasteiger partial charge on any atom is 0.0718 e. The van der Waals surface area contributed by atoms with Crippen molar-refractivity contribution in [3.63, 3.8) is 0 Å². The summed E-state index contributed by atoms with van der Waals surface area (Å²) in [5.74, 6) is 0. The van der Waals surface area contributed by atoms with E-state index < -0.39 is 0 Å². The molecular weight excluding hydrogens is 205 g/mol. The second-order valence-electron chi connectivity index (χ2n) is 2.97. The Labute approximate surface area is 86.3 Å². The molecule has 0 fully saturated rings. The summed E-state index contributed by atoms with van der Waals surface area (Å²) in [6.07, 6.45) is 1.81. The third kappa shape index (κ3) is 1.62. The molecule has 0 radical (unpaired) electrons. The van der Waals surface area contributed by atoms with Gasteiger partial charge >= 0.3 is 0 Å². The number of hydrogen-bond donors (Lipinski definition) is 0. The molecule has 0 saturated heterocycles. The van der Waals surface area contributed by atoms with Crippen LogP contribution in [0.1, 0.15) is 5.56 Å². The Balaban J connectivity index is 2.81. The van der Waals surface area contributed by atoms with Crippen LogP contribution in [0.3, 0.4) is 0 Å². The highest BCUT2D eigenvalue weighted by molar-refractivity contribution is 6.42. The van der Waals surface area contributed by atoms with E-state index >= 15 is 0 Å². The lowest BCUT2D eigenvalue weighted by Crippen LogP contribution is -1.81. The van der Waals surface area contributed by atoms with Crippen LogP contribution >= 0.6 is 23.2 Å². The Kier molecular flexibility index (Phi) is 2.14. The van der Waals surface area contributed by atoms with Crippen LogP contribution in [0.4, 0.5) is 0 Å². The van der Waals surface area contributed by atoms with Crippen LogP contribution in [0.2, 0.25) is 10.0 Å². The minimum atomic E-state index is 0.547. The lowest BCUT2D eigenvalue weighted by atomic mass is 10.2. The summed E-state index contributed by atoms with van der Waals surface area (Å²) >= 11 is 11.7. The Morgan fingerprint density at radius 1 is 1.08 bits per heavy atom. The second kappa shape index (κ2) is 3.17. The first kappa shape index (κ1) is 8.79. The molecule has 2 rings (SSSR count). The summed E-state index contributed by atoms with van der Waals surface area (Å²) in [6.45, 7) is 1.99. The zero-order valence-corrected chi connectivity index (χ0v) is 8.52. The average Bonchev–Trinajstić information content (AvgIpc) is 2.08. The molecule has 0 amide bonds. The summed E-state index contributed by atoms with van der Waals surface area (Å²) in [4.78, 5) is 4.24. The van der Waals surface area contributed by atoms with Gasteiger partial charge in [0.2, 0.25) is 0 Å². The minimum Gasteiger partial charge on any atom is -0.256 e. The first-order valence-corrected chi connectivity index (χ1v) is 4.64. The number of rotatable bonds is 0. The Hall–Kier alpha value is -0.790. The Bertz CT molecular complexity index is 466. The largest absolute Gasteiger partial charge is 0.256 e. The van der Waals surface area contributed by atoms with Crippen LogP contribution in [0.15, 0.2) is 24.4 Å². The van der Waals surface area contributed by atoms with Crippen LogP contribution in [-0.4, -0.2) is 4.98 Å². The zero-order valence-electron chi connectivity index (χ0n) is 7.01. The fourth-order valence-electron chi connectivity index (χ4n) is 1.23. The predicted octanol–water partition coefficient (Wildman–Crippen LogP) is 3.85. The van der Waals surface area contributed by atoms with E-state index in [-0.39, 0.29) is 0 Å². The maximum atomic E-state index is 5.88. The number of fused-ring (bicyclic) bond motifs is 1. The van der Waals surface area contributed by atoms with Gasteiger partial charge in [-0.1, -0.05) is 23.2 Å². The Morgan fingerprint density at radius 3 is 2.54 bits per heavy atom. The molecule has 0 aliphatic rings. The van der Waals surface area contributed by atoms with Crippen molar-refractivity contribution in [3.05, 3.63) is 40.0 Å². The van der Waals surface area contributed by atoms with Gasteiger partial charge < -0.3 is 0 Å². The maximum absolute atomic E-state index is 5.88. The highest BCUT2D eigenvalue weighted by Crippen LogP contribution is 2.26. The fraction of sp³-hybridized carbons (Fsp3) is 0.100. The molecular formula is C10H7Cl2N. The molecule has 0 bridgehead atoms. The molecule has 0 N–H and O–H groups in total. The van der Waals surface area contributed by atoms with Gasteiger partial charge in [0.1, 0.15) is 0 Å². The van der Waals surface area contributed by atoms with E-state index in [1.165, 1.54) is 0 Å². The first-order chi connectivity index (χ1) is 6.16. The van der Waals surface area contributed by atoms with E-state index in [1.54, 1.807) is 6.07 Å². The van der Waals surface area contributed by atoms with E-state index in [0.29, 0.717) is 10.0 Å². The number of aromatic nitrogens is 1. The monoisotopic (exact) mass is 211 g/mol. The second-order valence-corrected chi connectivity index (χ2v) is 3.79. The number of aryl methyl sites for hydroxylation is 1. The number of hydrogen-bond acceptors (Lipinski definition) is 1. The molecule has 0 atom stereocenters. The van der Waals surface area contributed by atoms with E-state index in [9.17, 15) is 0 Å². The van der Waals surface area contributed by atoms with E-state index in [2.05, 4.69) is 4.98 Å². The van der Waals surface area contributed by atoms with Gasteiger partial charge in [0.15, 0.2) is 0 Å². The van der Waals surface area contributed by atoms with Crippen LogP contribution < -0.4 is 0 Å². The SMILES string of the molecule is Cc1cnc2cc(Cl)c(Cl)cc2c1. The van der Waals surface area contributed by atoms with Crippen molar-refractivity contribution in [2.45, 2.75) is 6.92 Å². The first-order valence-electron chi connectivity index (χ1n) is 3.88. The van der Waals surface area contributed by atoms with Gasteiger partial charge in [0, 0.05) is 11.6 Å². The third-order valence-electron chi connectivity index (χ3n) is 1.86. The van der Waals surface area contributed by atoms with Crippen molar-refractivity contribution in [2.24, 2.45) is 0 Å². The summed E-state index contributed by atoms with van der Waals surface area (Å²) in [6, 6.07) is 5.64. The molecule has 0 unspecified atom stereocenters. The minimum absolute atomic E-state index is 0.547. The molecule has 1 aromatic carbocycles. The van der Waals surface area contributed by atoms with Gasteiger partial charge in [-0.3, -0.25) is 4.98 Å². The van der Waals surface area contributed by atoms with Crippen LogP contribution in [0.5, 0.6) is 0 Å². The Morgan fingerprint density at radius 2 is 1.77 bits per heavy atom. The van der Waals surface area contributed by atoms with Gasteiger partial charge in [0.05, 0.1) is 15.6 Å². The normalized spacial score (nSPS) is 10.7. The van der Waals surface area contributed by atoms with Gasteiger partial charge in [-0.25, -0.2) is 0 Å².